The second kappa shape index (κ2) is 4.94. The zero-order valence-electron chi connectivity index (χ0n) is 10.9. The lowest BCUT2D eigenvalue weighted by Gasteiger charge is -2.36. The highest BCUT2D eigenvalue weighted by Gasteiger charge is 2.24. The monoisotopic (exact) mass is 250 g/mol. The number of rotatable bonds is 2. The normalized spacial score (nSPS) is 24.1. The minimum Gasteiger partial charge on any atom is -0.477 e. The van der Waals surface area contributed by atoms with E-state index in [0.717, 1.165) is 13.1 Å². The Morgan fingerprint density at radius 2 is 2.00 bits per heavy atom. The fraction of sp³-hybridized carbons (Fsp3) is 0.538. The number of carboxylic acids is 1. The van der Waals surface area contributed by atoms with E-state index in [1.54, 1.807) is 13.0 Å². The molecule has 2 unspecified atom stereocenters. The van der Waals surface area contributed by atoms with Gasteiger partial charge in [-0.1, -0.05) is 6.07 Å². The average molecular weight is 250 g/mol. The quantitative estimate of drug-likeness (QED) is 0.865. The third-order valence-electron chi connectivity index (χ3n) is 3.03. The molecule has 0 spiro atoms. The molecular weight excluding hydrogens is 232 g/mol. The highest BCUT2D eigenvalue weighted by Crippen LogP contribution is 2.20. The number of anilines is 1. The van der Waals surface area contributed by atoms with Crippen LogP contribution in [0.4, 0.5) is 5.82 Å². The largest absolute Gasteiger partial charge is 0.477 e. The van der Waals surface area contributed by atoms with Crippen molar-refractivity contribution < 1.29 is 14.6 Å². The number of aromatic carboxylic acids is 1. The van der Waals surface area contributed by atoms with Gasteiger partial charge < -0.3 is 14.7 Å². The van der Waals surface area contributed by atoms with Crippen LogP contribution in [-0.4, -0.2) is 41.4 Å². The van der Waals surface area contributed by atoms with Crippen molar-refractivity contribution in [3.63, 3.8) is 0 Å². The molecule has 1 saturated heterocycles. The summed E-state index contributed by atoms with van der Waals surface area (Å²) in [5.41, 5.74) is 0.805. The smallest absolute Gasteiger partial charge is 0.354 e. The molecule has 2 atom stereocenters. The standard InChI is InChI=1S/C13H18N2O3/c1-8-4-5-11(14-12(8)13(16)17)15-6-9(2)18-10(3)7-15/h4-5,9-10H,6-7H2,1-3H3,(H,16,17). The van der Waals surface area contributed by atoms with Crippen LogP contribution in [0.25, 0.3) is 0 Å². The molecule has 0 amide bonds. The van der Waals surface area contributed by atoms with Gasteiger partial charge in [-0.25, -0.2) is 9.78 Å². The Hall–Kier alpha value is -1.62. The predicted molar refractivity (Wildman–Crippen MR) is 68.2 cm³/mol. The maximum atomic E-state index is 11.1. The van der Waals surface area contributed by atoms with Crippen molar-refractivity contribution in [1.29, 1.82) is 0 Å². The average Bonchev–Trinajstić information content (AvgIpc) is 2.27. The summed E-state index contributed by atoms with van der Waals surface area (Å²) in [4.78, 5) is 17.4. The number of carboxylic acid groups (broad SMARTS) is 1. The molecule has 1 fully saturated rings. The van der Waals surface area contributed by atoms with Crippen molar-refractivity contribution in [2.75, 3.05) is 18.0 Å². The minimum absolute atomic E-state index is 0.124. The summed E-state index contributed by atoms with van der Waals surface area (Å²) < 4.78 is 5.65. The number of nitrogens with zero attached hydrogens (tertiary/aromatic N) is 2. The zero-order valence-corrected chi connectivity index (χ0v) is 10.9. The number of hydrogen-bond acceptors (Lipinski definition) is 4. The third-order valence-corrected chi connectivity index (χ3v) is 3.03. The van der Waals surface area contributed by atoms with Gasteiger partial charge in [0.1, 0.15) is 5.82 Å². The molecule has 1 aromatic rings. The van der Waals surface area contributed by atoms with Gasteiger partial charge in [0.15, 0.2) is 5.69 Å². The summed E-state index contributed by atoms with van der Waals surface area (Å²) in [6.07, 6.45) is 0.260. The van der Waals surface area contributed by atoms with Gasteiger partial charge in [-0.2, -0.15) is 0 Å². The Bertz CT molecular complexity index is 452. The molecule has 0 radical (unpaired) electrons. The maximum Gasteiger partial charge on any atom is 0.354 e. The number of carbonyl (C=O) groups is 1. The van der Waals surface area contributed by atoms with Crippen molar-refractivity contribution in [3.8, 4) is 0 Å². The summed E-state index contributed by atoms with van der Waals surface area (Å²) >= 11 is 0. The summed E-state index contributed by atoms with van der Waals surface area (Å²) in [7, 11) is 0. The SMILES string of the molecule is Cc1ccc(N2CC(C)OC(C)C2)nc1C(=O)O. The number of pyridine rings is 1. The Morgan fingerprint density at radius 1 is 1.39 bits per heavy atom. The molecule has 2 rings (SSSR count). The van der Waals surface area contributed by atoms with E-state index in [0.29, 0.717) is 11.4 Å². The van der Waals surface area contributed by atoms with Crippen LogP contribution in [0.5, 0.6) is 0 Å². The van der Waals surface area contributed by atoms with Crippen LogP contribution in [0, 0.1) is 6.92 Å². The molecule has 98 valence electrons. The first-order valence-corrected chi connectivity index (χ1v) is 6.08. The van der Waals surface area contributed by atoms with Gasteiger partial charge in [-0.05, 0) is 32.4 Å². The molecule has 5 nitrogen and oxygen atoms in total. The van der Waals surface area contributed by atoms with Crippen LogP contribution in [0.2, 0.25) is 0 Å². The minimum atomic E-state index is -0.983. The first kappa shape index (κ1) is 12.8. The molecule has 0 aliphatic carbocycles. The van der Waals surface area contributed by atoms with E-state index in [1.165, 1.54) is 0 Å². The van der Waals surface area contributed by atoms with Crippen LogP contribution >= 0.6 is 0 Å². The summed E-state index contributed by atoms with van der Waals surface area (Å²) in [6, 6.07) is 3.67. The van der Waals surface area contributed by atoms with Gasteiger partial charge >= 0.3 is 5.97 Å². The number of aryl methyl sites for hydroxylation is 1. The molecule has 0 aromatic carbocycles. The van der Waals surface area contributed by atoms with Crippen molar-refractivity contribution in [1.82, 2.24) is 4.98 Å². The highest BCUT2D eigenvalue weighted by molar-refractivity contribution is 5.87. The molecule has 5 heteroatoms. The summed E-state index contributed by atoms with van der Waals surface area (Å²) in [5, 5.41) is 9.09. The molecule has 1 N–H and O–H groups in total. The van der Waals surface area contributed by atoms with Crippen molar-refractivity contribution in [2.45, 2.75) is 33.0 Å². The molecule has 18 heavy (non-hydrogen) atoms. The Labute approximate surface area is 106 Å². The van der Waals surface area contributed by atoms with Gasteiger partial charge in [-0.15, -0.1) is 0 Å². The van der Waals surface area contributed by atoms with Gasteiger partial charge in [-0.3, -0.25) is 0 Å². The lowest BCUT2D eigenvalue weighted by molar-refractivity contribution is -0.00546. The molecule has 0 saturated carbocycles. The lowest BCUT2D eigenvalue weighted by Crippen LogP contribution is -2.46. The van der Waals surface area contributed by atoms with E-state index in [9.17, 15) is 4.79 Å². The fourth-order valence-electron chi connectivity index (χ4n) is 2.28. The Kier molecular flexibility index (Phi) is 3.52. The highest BCUT2D eigenvalue weighted by atomic mass is 16.5. The summed E-state index contributed by atoms with van der Waals surface area (Å²) in [6.45, 7) is 7.24. The van der Waals surface area contributed by atoms with Gasteiger partial charge in [0.25, 0.3) is 0 Å². The van der Waals surface area contributed by atoms with E-state index >= 15 is 0 Å². The number of hydrogen-bond donors (Lipinski definition) is 1. The molecule has 1 aliphatic heterocycles. The fourth-order valence-corrected chi connectivity index (χ4v) is 2.28. The molecule has 2 heterocycles. The van der Waals surface area contributed by atoms with E-state index in [-0.39, 0.29) is 17.9 Å². The van der Waals surface area contributed by atoms with Crippen LogP contribution in [0.3, 0.4) is 0 Å². The van der Waals surface area contributed by atoms with Crippen molar-refractivity contribution >= 4 is 11.8 Å². The molecule has 1 aliphatic rings. The van der Waals surface area contributed by atoms with E-state index < -0.39 is 5.97 Å². The molecular formula is C13H18N2O3. The van der Waals surface area contributed by atoms with Crippen LogP contribution in [-0.2, 0) is 4.74 Å². The Balaban J connectivity index is 2.28. The zero-order chi connectivity index (χ0) is 13.3. The van der Waals surface area contributed by atoms with E-state index in [2.05, 4.69) is 9.88 Å². The van der Waals surface area contributed by atoms with Gasteiger partial charge in [0.2, 0.25) is 0 Å². The maximum absolute atomic E-state index is 11.1. The Morgan fingerprint density at radius 3 is 2.56 bits per heavy atom. The van der Waals surface area contributed by atoms with Gasteiger partial charge in [0, 0.05) is 13.1 Å². The second-order valence-electron chi connectivity index (χ2n) is 4.80. The van der Waals surface area contributed by atoms with Gasteiger partial charge in [0.05, 0.1) is 12.2 Å². The topological polar surface area (TPSA) is 62.7 Å². The van der Waals surface area contributed by atoms with Crippen LogP contribution < -0.4 is 4.90 Å². The first-order chi connectivity index (χ1) is 8.47. The summed E-state index contributed by atoms with van der Waals surface area (Å²) in [5.74, 6) is -0.274. The molecule has 1 aromatic heterocycles. The van der Waals surface area contributed by atoms with Crippen molar-refractivity contribution in [2.24, 2.45) is 0 Å². The lowest BCUT2D eigenvalue weighted by atomic mass is 10.2. The van der Waals surface area contributed by atoms with E-state index in [4.69, 9.17) is 9.84 Å². The second-order valence-corrected chi connectivity index (χ2v) is 4.80. The number of morpholine rings is 1. The first-order valence-electron chi connectivity index (χ1n) is 6.08. The predicted octanol–water partition coefficient (Wildman–Crippen LogP) is 1.70. The number of aromatic nitrogens is 1. The van der Waals surface area contributed by atoms with Crippen molar-refractivity contribution in [3.05, 3.63) is 23.4 Å². The molecule has 0 bridgehead atoms. The van der Waals surface area contributed by atoms with Crippen LogP contribution in [0.1, 0.15) is 29.9 Å². The van der Waals surface area contributed by atoms with Crippen LogP contribution in [0.15, 0.2) is 12.1 Å². The van der Waals surface area contributed by atoms with E-state index in [1.807, 2.05) is 19.9 Å². The third kappa shape index (κ3) is 2.61. The number of ether oxygens (including phenoxy) is 1.